The number of carbonyl (C=O) groups is 3. The number of ether oxygens (including phenoxy) is 2. The number of furan rings is 1. The molecule has 2 aromatic carbocycles. The Morgan fingerprint density at radius 1 is 0.946 bits per heavy atom. The minimum absolute atomic E-state index is 0.0320. The average Bonchev–Trinajstić information content (AvgIpc) is 3.47. The molecule has 3 aromatic rings. The highest BCUT2D eigenvalue weighted by Crippen LogP contribution is 2.36. The molecular weight excluding hydrogens is 472 g/mol. The third-order valence-electron chi connectivity index (χ3n) is 6.68. The monoisotopic (exact) mass is 504 g/mol. The van der Waals surface area contributed by atoms with Crippen LogP contribution in [0.15, 0.2) is 65.3 Å². The van der Waals surface area contributed by atoms with E-state index in [1.165, 1.54) is 32.3 Å². The van der Waals surface area contributed by atoms with E-state index in [1.54, 1.807) is 54.6 Å². The van der Waals surface area contributed by atoms with Crippen LogP contribution >= 0.6 is 0 Å². The smallest absolute Gasteiger partial charge is 0.294 e. The number of anilines is 1. The topological polar surface area (TPSA) is 98.1 Å². The zero-order valence-corrected chi connectivity index (χ0v) is 21.4. The molecule has 1 N–H and O–H groups in total. The molecule has 194 valence electrons. The Morgan fingerprint density at radius 2 is 1.65 bits per heavy atom. The summed E-state index contributed by atoms with van der Waals surface area (Å²) in [6.45, 7) is 1.48. The van der Waals surface area contributed by atoms with E-state index in [2.05, 4.69) is 5.32 Å². The Morgan fingerprint density at radius 3 is 2.24 bits per heavy atom. The number of ketones is 1. The van der Waals surface area contributed by atoms with Crippen molar-refractivity contribution in [2.24, 2.45) is 0 Å². The van der Waals surface area contributed by atoms with E-state index in [1.807, 2.05) is 0 Å². The van der Waals surface area contributed by atoms with Crippen LogP contribution in [0.5, 0.6) is 11.5 Å². The second kappa shape index (κ2) is 11.8. The molecule has 8 heteroatoms. The van der Waals surface area contributed by atoms with E-state index >= 15 is 0 Å². The van der Waals surface area contributed by atoms with Crippen LogP contribution in [0, 0.1) is 0 Å². The number of Topliss-reactive ketones (excluding diaryl/α,β-unsaturated/α-hetero) is 1. The second-order valence-corrected chi connectivity index (χ2v) is 9.12. The summed E-state index contributed by atoms with van der Waals surface area (Å²) in [4.78, 5) is 41.1. The lowest BCUT2D eigenvalue weighted by atomic mass is 9.94. The van der Waals surface area contributed by atoms with Gasteiger partial charge in [-0.15, -0.1) is 0 Å². The van der Waals surface area contributed by atoms with Gasteiger partial charge in [0.05, 0.1) is 20.5 Å². The summed E-state index contributed by atoms with van der Waals surface area (Å²) in [5, 5.41) is 3.17. The normalized spacial score (nSPS) is 14.5. The van der Waals surface area contributed by atoms with Gasteiger partial charge in [0.25, 0.3) is 5.91 Å². The van der Waals surface area contributed by atoms with Crippen LogP contribution in [0.25, 0.3) is 0 Å². The summed E-state index contributed by atoms with van der Waals surface area (Å²) in [5.41, 5.74) is 1.50. The van der Waals surface area contributed by atoms with Gasteiger partial charge in [0.2, 0.25) is 5.91 Å². The maximum absolute atomic E-state index is 14.0. The summed E-state index contributed by atoms with van der Waals surface area (Å²) in [7, 11) is 3.05. The van der Waals surface area contributed by atoms with Gasteiger partial charge in [-0.3, -0.25) is 19.3 Å². The Hall–Kier alpha value is -4.07. The molecule has 0 spiro atoms. The zero-order chi connectivity index (χ0) is 26.4. The number of hydrogen-bond donors (Lipinski definition) is 1. The number of amides is 2. The Balaban J connectivity index is 1.84. The first-order valence-electron chi connectivity index (χ1n) is 12.4. The highest BCUT2D eigenvalue weighted by atomic mass is 16.5. The third kappa shape index (κ3) is 5.85. The van der Waals surface area contributed by atoms with E-state index < -0.39 is 11.9 Å². The van der Waals surface area contributed by atoms with Crippen molar-refractivity contribution in [3.05, 3.63) is 77.7 Å². The van der Waals surface area contributed by atoms with Crippen LogP contribution in [-0.4, -0.2) is 37.9 Å². The lowest BCUT2D eigenvalue weighted by Gasteiger charge is -2.33. The molecular formula is C29H32N2O6. The molecule has 1 heterocycles. The van der Waals surface area contributed by atoms with Crippen LogP contribution in [0.3, 0.4) is 0 Å². The number of hydrogen-bond acceptors (Lipinski definition) is 6. The van der Waals surface area contributed by atoms with Crippen molar-refractivity contribution in [3.8, 4) is 11.5 Å². The highest BCUT2D eigenvalue weighted by Gasteiger charge is 2.36. The van der Waals surface area contributed by atoms with E-state index in [9.17, 15) is 14.4 Å². The fraction of sp³-hybridized carbons (Fsp3) is 0.345. The third-order valence-corrected chi connectivity index (χ3v) is 6.68. The molecule has 1 fully saturated rings. The van der Waals surface area contributed by atoms with Gasteiger partial charge in [-0.25, -0.2) is 0 Å². The predicted octanol–water partition coefficient (Wildman–Crippen LogP) is 5.34. The van der Waals surface area contributed by atoms with Crippen molar-refractivity contribution in [3.63, 3.8) is 0 Å². The molecule has 1 aliphatic carbocycles. The van der Waals surface area contributed by atoms with Crippen LogP contribution < -0.4 is 19.7 Å². The summed E-state index contributed by atoms with van der Waals surface area (Å²) in [6, 6.07) is 14.0. The maximum atomic E-state index is 14.0. The van der Waals surface area contributed by atoms with E-state index in [4.69, 9.17) is 13.9 Å². The molecule has 0 saturated heterocycles. The lowest BCUT2D eigenvalue weighted by Crippen LogP contribution is -2.47. The van der Waals surface area contributed by atoms with Gasteiger partial charge in [0.15, 0.2) is 23.0 Å². The van der Waals surface area contributed by atoms with Crippen molar-refractivity contribution in [1.82, 2.24) is 5.32 Å². The zero-order valence-electron chi connectivity index (χ0n) is 21.4. The highest BCUT2D eigenvalue weighted by molar-refractivity contribution is 6.09. The molecule has 0 aliphatic heterocycles. The summed E-state index contributed by atoms with van der Waals surface area (Å²) in [6.07, 6.45) is 6.45. The Kier molecular flexibility index (Phi) is 8.28. The Labute approximate surface area is 216 Å². The number of rotatable bonds is 9. The van der Waals surface area contributed by atoms with Gasteiger partial charge in [-0.2, -0.15) is 0 Å². The molecule has 1 atom stereocenters. The molecule has 1 aliphatic rings. The van der Waals surface area contributed by atoms with Gasteiger partial charge in [0.1, 0.15) is 6.04 Å². The van der Waals surface area contributed by atoms with Crippen molar-refractivity contribution in [2.45, 2.75) is 51.1 Å². The van der Waals surface area contributed by atoms with E-state index in [0.29, 0.717) is 28.3 Å². The van der Waals surface area contributed by atoms with Gasteiger partial charge in [0, 0.05) is 17.3 Å². The van der Waals surface area contributed by atoms with E-state index in [-0.39, 0.29) is 23.5 Å². The summed E-state index contributed by atoms with van der Waals surface area (Å²) >= 11 is 0. The molecule has 4 rings (SSSR count). The quantitative estimate of drug-likeness (QED) is 0.395. The SMILES string of the molecule is COc1ccc([C@H](C(=O)NC2CCCCC2)N(C(=O)c2ccco2)c2ccc(C(C)=O)cc2)cc1OC. The number of benzene rings is 2. The van der Waals surface area contributed by atoms with Crippen LogP contribution in [-0.2, 0) is 4.79 Å². The molecule has 0 radical (unpaired) electrons. The molecule has 0 unspecified atom stereocenters. The Bertz CT molecular complexity index is 1230. The van der Waals surface area contributed by atoms with Gasteiger partial charge >= 0.3 is 0 Å². The van der Waals surface area contributed by atoms with Crippen LogP contribution in [0.1, 0.15) is 71.5 Å². The van der Waals surface area contributed by atoms with Crippen LogP contribution in [0.2, 0.25) is 0 Å². The summed E-state index contributed by atoms with van der Waals surface area (Å²) < 4.78 is 16.3. The molecule has 1 aromatic heterocycles. The number of nitrogens with one attached hydrogen (secondary N) is 1. The van der Waals surface area contributed by atoms with Crippen molar-refractivity contribution < 1.29 is 28.3 Å². The predicted molar refractivity (Wildman–Crippen MR) is 139 cm³/mol. The van der Waals surface area contributed by atoms with Gasteiger partial charge in [-0.1, -0.05) is 25.3 Å². The van der Waals surface area contributed by atoms with Crippen LogP contribution in [0.4, 0.5) is 5.69 Å². The molecule has 8 nitrogen and oxygen atoms in total. The van der Waals surface area contributed by atoms with Gasteiger partial charge in [-0.05, 0) is 73.9 Å². The van der Waals surface area contributed by atoms with Crippen molar-refractivity contribution in [2.75, 3.05) is 19.1 Å². The average molecular weight is 505 g/mol. The van der Waals surface area contributed by atoms with Crippen molar-refractivity contribution >= 4 is 23.3 Å². The summed E-state index contributed by atoms with van der Waals surface area (Å²) in [5.74, 6) is 0.141. The fourth-order valence-electron chi connectivity index (χ4n) is 4.73. The largest absolute Gasteiger partial charge is 0.493 e. The maximum Gasteiger partial charge on any atom is 0.294 e. The molecule has 37 heavy (non-hydrogen) atoms. The standard InChI is InChI=1S/C29H32N2O6/c1-19(32)20-11-14-23(15-12-20)31(29(34)25-10-7-17-37-25)27(28(33)30-22-8-5-4-6-9-22)21-13-16-24(35-2)26(18-21)36-3/h7,10-18,22,27H,4-6,8-9H2,1-3H3,(H,30,33)/t27-/m1/s1. The first-order chi connectivity index (χ1) is 17.9. The van der Waals surface area contributed by atoms with Gasteiger partial charge < -0.3 is 19.2 Å². The van der Waals surface area contributed by atoms with E-state index in [0.717, 1.165) is 32.1 Å². The minimum atomic E-state index is -1.04. The minimum Gasteiger partial charge on any atom is -0.493 e. The lowest BCUT2D eigenvalue weighted by molar-refractivity contribution is -0.123. The molecule has 2 amide bonds. The fourth-order valence-corrected chi connectivity index (χ4v) is 4.73. The molecule has 1 saturated carbocycles. The number of carbonyl (C=O) groups excluding carboxylic acids is 3. The molecule has 0 bridgehead atoms. The number of nitrogens with zero attached hydrogens (tertiary/aromatic N) is 1. The second-order valence-electron chi connectivity index (χ2n) is 9.12. The first kappa shape index (κ1) is 26.0. The number of methoxy groups -OCH3 is 2. The van der Waals surface area contributed by atoms with Crippen molar-refractivity contribution in [1.29, 1.82) is 0 Å². The first-order valence-corrected chi connectivity index (χ1v) is 12.4.